The van der Waals surface area contributed by atoms with Gasteiger partial charge >= 0.3 is 0 Å². The van der Waals surface area contributed by atoms with Crippen molar-refractivity contribution in [2.75, 3.05) is 24.2 Å². The van der Waals surface area contributed by atoms with Crippen LogP contribution in [0.4, 0.5) is 5.69 Å². The van der Waals surface area contributed by atoms with Crippen LogP contribution >= 0.6 is 0 Å². The van der Waals surface area contributed by atoms with Crippen LogP contribution in [0.1, 0.15) is 61.6 Å². The Morgan fingerprint density at radius 2 is 1.57 bits per heavy atom. The van der Waals surface area contributed by atoms with Gasteiger partial charge in [0.25, 0.3) is 0 Å². The Kier molecular flexibility index (Phi) is 11.8. The van der Waals surface area contributed by atoms with Crippen molar-refractivity contribution in [2.24, 2.45) is 0 Å². The van der Waals surface area contributed by atoms with E-state index in [1.165, 1.54) is 17.8 Å². The van der Waals surface area contributed by atoms with E-state index in [2.05, 4.69) is 5.32 Å². The predicted molar refractivity (Wildman–Crippen MR) is 175 cm³/mol. The zero-order valence-corrected chi connectivity index (χ0v) is 26.9. The molecular formula is C35H45N3O5S. The Morgan fingerprint density at radius 1 is 0.909 bits per heavy atom. The Bertz CT molecular complexity index is 1470. The third kappa shape index (κ3) is 9.32. The summed E-state index contributed by atoms with van der Waals surface area (Å²) in [6, 6.07) is 24.1. The molecule has 4 rings (SSSR count). The van der Waals surface area contributed by atoms with Crippen molar-refractivity contribution in [3.8, 4) is 5.75 Å². The van der Waals surface area contributed by atoms with Gasteiger partial charge in [-0.2, -0.15) is 0 Å². The lowest BCUT2D eigenvalue weighted by molar-refractivity contribution is -0.141. The second kappa shape index (κ2) is 15.7. The normalized spacial score (nSPS) is 14.4. The van der Waals surface area contributed by atoms with Crippen LogP contribution in [0, 0.1) is 6.92 Å². The number of carbonyl (C=O) groups excluding carboxylic acids is 2. The molecule has 2 amide bonds. The molecule has 0 spiro atoms. The molecule has 1 aliphatic carbocycles. The first-order valence-electron chi connectivity index (χ1n) is 15.5. The highest BCUT2D eigenvalue weighted by molar-refractivity contribution is 7.92. The van der Waals surface area contributed by atoms with Crippen molar-refractivity contribution in [3.63, 3.8) is 0 Å². The van der Waals surface area contributed by atoms with Gasteiger partial charge in [-0.25, -0.2) is 8.42 Å². The van der Waals surface area contributed by atoms with Crippen LogP contribution in [0.2, 0.25) is 0 Å². The molecule has 0 aliphatic heterocycles. The van der Waals surface area contributed by atoms with Gasteiger partial charge in [0.2, 0.25) is 21.8 Å². The summed E-state index contributed by atoms with van der Waals surface area (Å²) in [4.78, 5) is 29.7. The first-order valence-corrected chi connectivity index (χ1v) is 17.3. The summed E-state index contributed by atoms with van der Waals surface area (Å²) in [5.41, 5.74) is 3.44. The highest BCUT2D eigenvalue weighted by atomic mass is 32.2. The van der Waals surface area contributed by atoms with E-state index in [9.17, 15) is 18.0 Å². The summed E-state index contributed by atoms with van der Waals surface area (Å²) < 4.78 is 32.3. The minimum Gasteiger partial charge on any atom is -0.495 e. The van der Waals surface area contributed by atoms with Crippen LogP contribution in [0.25, 0.3) is 0 Å². The zero-order valence-electron chi connectivity index (χ0n) is 26.1. The lowest BCUT2D eigenvalue weighted by Gasteiger charge is -2.34. The number of hydrogen-bond acceptors (Lipinski definition) is 5. The maximum absolute atomic E-state index is 14.1. The third-order valence-electron chi connectivity index (χ3n) is 8.20. The number of benzene rings is 3. The van der Waals surface area contributed by atoms with E-state index in [-0.39, 0.29) is 43.8 Å². The Labute approximate surface area is 262 Å². The highest BCUT2D eigenvalue weighted by Gasteiger charge is 2.32. The number of nitrogens with zero attached hydrogens (tertiary/aromatic N) is 2. The molecule has 1 saturated carbocycles. The molecule has 0 heterocycles. The van der Waals surface area contributed by atoms with Gasteiger partial charge in [-0.15, -0.1) is 0 Å². The van der Waals surface area contributed by atoms with Gasteiger partial charge in [0, 0.05) is 32.0 Å². The predicted octanol–water partition coefficient (Wildman–Crippen LogP) is 5.64. The molecule has 3 aromatic rings. The number of methoxy groups -OCH3 is 1. The standard InChI is InChI=1S/C35H45N3O5S/c1-27-20-22-29(23-21-27)26-37(32(25-28-13-6-4-7-14-28)35(40)36-30-15-8-5-9-16-30)34(39)19-12-24-38(44(3,41)42)31-17-10-11-18-33(31)43-2/h4,6-7,10-11,13-14,17-18,20-23,30,32H,5,8-9,12,15-16,19,24-26H2,1-3H3,(H,36,40)/t32-/m1/s1. The van der Waals surface area contributed by atoms with Gasteiger partial charge in [0.05, 0.1) is 19.1 Å². The van der Waals surface area contributed by atoms with Gasteiger partial charge in [-0.1, -0.05) is 91.6 Å². The third-order valence-corrected chi connectivity index (χ3v) is 9.38. The average molecular weight is 620 g/mol. The average Bonchev–Trinajstić information content (AvgIpc) is 3.02. The van der Waals surface area contributed by atoms with E-state index in [0.717, 1.165) is 48.6 Å². The molecular weight excluding hydrogens is 574 g/mol. The van der Waals surface area contributed by atoms with Crippen LogP contribution in [0.3, 0.4) is 0 Å². The Morgan fingerprint density at radius 3 is 2.23 bits per heavy atom. The lowest BCUT2D eigenvalue weighted by atomic mass is 9.94. The molecule has 44 heavy (non-hydrogen) atoms. The molecule has 8 nitrogen and oxygen atoms in total. The number of amides is 2. The van der Waals surface area contributed by atoms with Gasteiger partial charge in [-0.05, 0) is 49.4 Å². The molecule has 0 unspecified atom stereocenters. The van der Waals surface area contributed by atoms with E-state index in [0.29, 0.717) is 17.9 Å². The van der Waals surface area contributed by atoms with Crippen LogP contribution in [0.15, 0.2) is 78.9 Å². The summed E-state index contributed by atoms with van der Waals surface area (Å²) >= 11 is 0. The van der Waals surface area contributed by atoms with Gasteiger partial charge in [0.15, 0.2) is 0 Å². The van der Waals surface area contributed by atoms with E-state index >= 15 is 0 Å². The van der Waals surface area contributed by atoms with Crippen molar-refractivity contribution in [2.45, 2.75) is 76.9 Å². The first kappa shape index (κ1) is 33.1. The minimum absolute atomic E-state index is 0.0784. The smallest absolute Gasteiger partial charge is 0.243 e. The number of aryl methyl sites for hydroxylation is 1. The maximum atomic E-state index is 14.1. The zero-order chi connectivity index (χ0) is 31.5. The van der Waals surface area contributed by atoms with Crippen molar-refractivity contribution < 1.29 is 22.7 Å². The Balaban J connectivity index is 1.59. The Hall–Kier alpha value is -3.85. The number of anilines is 1. The molecule has 0 aromatic heterocycles. The van der Waals surface area contributed by atoms with Gasteiger partial charge in [-0.3, -0.25) is 13.9 Å². The quantitative estimate of drug-likeness (QED) is 0.252. The van der Waals surface area contributed by atoms with Crippen molar-refractivity contribution >= 4 is 27.5 Å². The fourth-order valence-electron chi connectivity index (χ4n) is 5.81. The van der Waals surface area contributed by atoms with E-state index in [4.69, 9.17) is 4.74 Å². The summed E-state index contributed by atoms with van der Waals surface area (Å²) in [5.74, 6) is 0.0966. The molecule has 1 N–H and O–H groups in total. The molecule has 3 aromatic carbocycles. The number of sulfonamides is 1. The number of carbonyl (C=O) groups is 2. The second-order valence-electron chi connectivity index (χ2n) is 11.7. The van der Waals surface area contributed by atoms with E-state index in [1.807, 2.05) is 61.5 Å². The highest BCUT2D eigenvalue weighted by Crippen LogP contribution is 2.30. The van der Waals surface area contributed by atoms with Crippen molar-refractivity contribution in [1.82, 2.24) is 10.2 Å². The number of nitrogens with one attached hydrogen (secondary N) is 1. The summed E-state index contributed by atoms with van der Waals surface area (Å²) in [6.07, 6.45) is 7.12. The second-order valence-corrected chi connectivity index (χ2v) is 13.6. The number of ether oxygens (including phenoxy) is 1. The molecule has 0 radical (unpaired) electrons. The lowest BCUT2D eigenvalue weighted by Crippen LogP contribution is -2.52. The van der Waals surface area contributed by atoms with Gasteiger partial charge < -0.3 is 15.0 Å². The van der Waals surface area contributed by atoms with Crippen LogP contribution < -0.4 is 14.4 Å². The van der Waals surface area contributed by atoms with E-state index < -0.39 is 16.1 Å². The molecule has 1 fully saturated rings. The molecule has 9 heteroatoms. The summed E-state index contributed by atoms with van der Waals surface area (Å²) in [7, 11) is -2.15. The minimum atomic E-state index is -3.64. The largest absolute Gasteiger partial charge is 0.495 e. The number of para-hydroxylation sites is 2. The molecule has 1 atom stereocenters. The van der Waals surface area contributed by atoms with Crippen LogP contribution in [-0.4, -0.2) is 57.1 Å². The van der Waals surface area contributed by atoms with E-state index in [1.54, 1.807) is 29.2 Å². The number of hydrogen-bond donors (Lipinski definition) is 1. The van der Waals surface area contributed by atoms with Crippen molar-refractivity contribution in [3.05, 3.63) is 95.6 Å². The number of rotatable bonds is 14. The maximum Gasteiger partial charge on any atom is 0.243 e. The molecule has 1 aliphatic rings. The summed E-state index contributed by atoms with van der Waals surface area (Å²) in [6.45, 7) is 2.38. The molecule has 0 bridgehead atoms. The monoisotopic (exact) mass is 619 g/mol. The van der Waals surface area contributed by atoms with Crippen molar-refractivity contribution in [1.29, 1.82) is 0 Å². The summed E-state index contributed by atoms with van der Waals surface area (Å²) in [5, 5.41) is 3.26. The fourth-order valence-corrected chi connectivity index (χ4v) is 6.78. The topological polar surface area (TPSA) is 96.0 Å². The fraction of sp³-hybridized carbons (Fsp3) is 0.429. The SMILES string of the molecule is COc1ccccc1N(CCCC(=O)N(Cc1ccc(C)cc1)[C@H](Cc1ccccc1)C(=O)NC1CCCCC1)S(C)(=O)=O. The molecule has 236 valence electrons. The molecule has 0 saturated heterocycles. The van der Waals surface area contributed by atoms with Gasteiger partial charge in [0.1, 0.15) is 11.8 Å². The van der Waals surface area contributed by atoms with Crippen LogP contribution in [-0.2, 0) is 32.6 Å². The van der Waals surface area contributed by atoms with Crippen LogP contribution in [0.5, 0.6) is 5.75 Å². The first-order chi connectivity index (χ1) is 21.2.